The summed E-state index contributed by atoms with van der Waals surface area (Å²) in [6.45, 7) is 0. The maximum absolute atomic E-state index is 12.0. The van der Waals surface area contributed by atoms with E-state index in [1.165, 1.54) is 0 Å². The fourth-order valence-corrected chi connectivity index (χ4v) is 2.43. The Bertz CT molecular complexity index is 495. The zero-order valence-electron chi connectivity index (χ0n) is 10.8. The molecule has 1 aromatic carbocycles. The van der Waals surface area contributed by atoms with Gasteiger partial charge in [0.25, 0.3) is 0 Å². The Hall–Kier alpha value is -2.06. The van der Waals surface area contributed by atoms with E-state index in [1.54, 1.807) is 6.08 Å². The predicted octanol–water partition coefficient (Wildman–Crippen LogP) is 4.14. The Kier molecular flexibility index (Phi) is 4.76. The van der Waals surface area contributed by atoms with Gasteiger partial charge in [0.05, 0.1) is 0 Å². The first kappa shape index (κ1) is 13.4. The number of benzene rings is 1. The van der Waals surface area contributed by atoms with Crippen LogP contribution in [0.15, 0.2) is 41.5 Å². The Morgan fingerprint density at radius 1 is 1.21 bits per heavy atom. The molecule has 0 N–H and O–H groups in total. The molecule has 2 rings (SSSR count). The zero-order chi connectivity index (χ0) is 13.5. The van der Waals surface area contributed by atoms with E-state index in [9.17, 15) is 4.79 Å². The highest BCUT2D eigenvalue weighted by Gasteiger charge is 2.24. The van der Waals surface area contributed by atoms with Crippen molar-refractivity contribution in [2.24, 2.45) is 11.0 Å². The van der Waals surface area contributed by atoms with E-state index in [4.69, 9.17) is 5.53 Å². The minimum Gasteiger partial charge on any atom is -0.295 e. The van der Waals surface area contributed by atoms with Crippen LogP contribution in [0.2, 0.25) is 0 Å². The first-order chi connectivity index (χ1) is 9.29. The fraction of sp³-hybridized carbons (Fsp3) is 0.400. The third kappa shape index (κ3) is 3.97. The predicted molar refractivity (Wildman–Crippen MR) is 75.4 cm³/mol. The lowest BCUT2D eigenvalue weighted by molar-refractivity contribution is -0.119. The fourth-order valence-electron chi connectivity index (χ4n) is 2.43. The average Bonchev–Trinajstić information content (AvgIpc) is 2.47. The number of hydrogen-bond donors (Lipinski definition) is 0. The summed E-state index contributed by atoms with van der Waals surface area (Å²) in [5.74, 6) is 0.272. The van der Waals surface area contributed by atoms with Gasteiger partial charge in [0.15, 0.2) is 5.78 Å². The van der Waals surface area contributed by atoms with Crippen LogP contribution in [0, 0.1) is 5.92 Å². The summed E-state index contributed by atoms with van der Waals surface area (Å²) in [5.41, 5.74) is 9.42. The summed E-state index contributed by atoms with van der Waals surface area (Å²) in [5, 5.41) is 3.72. The van der Waals surface area contributed by atoms with E-state index in [0.29, 0.717) is 0 Å². The van der Waals surface area contributed by atoms with Gasteiger partial charge in [-0.1, -0.05) is 41.5 Å². The van der Waals surface area contributed by atoms with Crippen LogP contribution >= 0.6 is 0 Å². The number of allylic oxidation sites excluding steroid dienone is 1. The van der Waals surface area contributed by atoms with Crippen molar-refractivity contribution >= 4 is 11.9 Å². The molecule has 0 radical (unpaired) electrons. The minimum atomic E-state index is 0.0761. The van der Waals surface area contributed by atoms with Gasteiger partial charge in [-0.15, -0.1) is 0 Å². The first-order valence-electron chi connectivity index (χ1n) is 6.61. The largest absolute Gasteiger partial charge is 0.295 e. The van der Waals surface area contributed by atoms with Gasteiger partial charge in [-0.05, 0) is 42.9 Å². The molecule has 1 saturated carbocycles. The molecule has 0 bridgehead atoms. The molecular weight excluding hydrogens is 238 g/mol. The number of hydrogen-bond acceptors (Lipinski definition) is 2. The lowest BCUT2D eigenvalue weighted by Gasteiger charge is -2.23. The molecule has 1 fully saturated rings. The third-order valence-electron chi connectivity index (χ3n) is 3.55. The minimum absolute atomic E-state index is 0.0761. The zero-order valence-corrected chi connectivity index (χ0v) is 10.8. The second kappa shape index (κ2) is 6.76. The molecule has 19 heavy (non-hydrogen) atoms. The van der Waals surface area contributed by atoms with Crippen LogP contribution in [0.25, 0.3) is 16.5 Å². The molecule has 98 valence electrons. The summed E-state index contributed by atoms with van der Waals surface area (Å²) in [6.07, 6.45) is 6.82. The van der Waals surface area contributed by atoms with Crippen LogP contribution in [0.1, 0.15) is 31.2 Å². The van der Waals surface area contributed by atoms with Crippen molar-refractivity contribution in [3.63, 3.8) is 0 Å². The number of carbonyl (C=O) groups excluding carboxylic acids is 1. The lowest BCUT2D eigenvalue weighted by atomic mass is 9.83. The van der Waals surface area contributed by atoms with Crippen molar-refractivity contribution in [3.05, 3.63) is 52.4 Å². The molecule has 1 aliphatic carbocycles. The summed E-state index contributed by atoms with van der Waals surface area (Å²) >= 11 is 0. The van der Waals surface area contributed by atoms with Gasteiger partial charge in [-0.25, -0.2) is 0 Å². The smallest absolute Gasteiger partial charge is 0.158 e. The molecule has 0 aromatic heterocycles. The van der Waals surface area contributed by atoms with Crippen LogP contribution in [0.3, 0.4) is 0 Å². The van der Waals surface area contributed by atoms with Gasteiger partial charge in [0.2, 0.25) is 0 Å². The summed E-state index contributed by atoms with van der Waals surface area (Å²) in [7, 11) is 0. The standard InChI is InChI=1S/C15H17N3O/c16-18-17-14-9-7-13(8-10-14)15(19)11-6-12-4-2-1-3-5-12/h1-6,11,13-14H,7-10H2/b11-6+. The van der Waals surface area contributed by atoms with E-state index in [-0.39, 0.29) is 17.7 Å². The molecule has 1 aromatic rings. The maximum Gasteiger partial charge on any atom is 0.158 e. The van der Waals surface area contributed by atoms with Crippen LogP contribution < -0.4 is 0 Å². The molecule has 4 heteroatoms. The van der Waals surface area contributed by atoms with Gasteiger partial charge < -0.3 is 0 Å². The van der Waals surface area contributed by atoms with Gasteiger partial charge in [0.1, 0.15) is 0 Å². The van der Waals surface area contributed by atoms with Crippen molar-refractivity contribution in [2.75, 3.05) is 0 Å². The van der Waals surface area contributed by atoms with Gasteiger partial charge in [0, 0.05) is 16.9 Å². The van der Waals surface area contributed by atoms with Crippen LogP contribution in [-0.2, 0) is 4.79 Å². The molecule has 0 spiro atoms. The molecule has 0 atom stereocenters. The topological polar surface area (TPSA) is 65.8 Å². The highest BCUT2D eigenvalue weighted by atomic mass is 16.1. The van der Waals surface area contributed by atoms with Crippen molar-refractivity contribution in [3.8, 4) is 0 Å². The summed E-state index contributed by atoms with van der Waals surface area (Å²) < 4.78 is 0. The normalized spacial score (nSPS) is 22.9. The summed E-state index contributed by atoms with van der Waals surface area (Å²) in [6, 6.07) is 9.89. The molecule has 4 nitrogen and oxygen atoms in total. The van der Waals surface area contributed by atoms with E-state index >= 15 is 0 Å². The lowest BCUT2D eigenvalue weighted by Crippen LogP contribution is -2.22. The second-order valence-electron chi connectivity index (χ2n) is 4.86. The Morgan fingerprint density at radius 2 is 1.89 bits per heavy atom. The second-order valence-corrected chi connectivity index (χ2v) is 4.86. The van der Waals surface area contributed by atoms with Crippen LogP contribution in [0.4, 0.5) is 0 Å². The molecule has 0 amide bonds. The van der Waals surface area contributed by atoms with Crippen molar-refractivity contribution in [1.29, 1.82) is 0 Å². The number of rotatable bonds is 4. The molecule has 0 heterocycles. The highest BCUT2D eigenvalue weighted by Crippen LogP contribution is 2.27. The number of ketones is 1. The molecule has 1 aliphatic rings. The van der Waals surface area contributed by atoms with Crippen molar-refractivity contribution in [2.45, 2.75) is 31.7 Å². The van der Waals surface area contributed by atoms with Crippen LogP contribution in [-0.4, -0.2) is 11.8 Å². The molecule has 0 saturated heterocycles. The number of carbonyl (C=O) groups is 1. The maximum atomic E-state index is 12.0. The van der Waals surface area contributed by atoms with Crippen LogP contribution in [0.5, 0.6) is 0 Å². The number of azide groups is 1. The quantitative estimate of drug-likeness (QED) is 0.345. The Labute approximate surface area is 112 Å². The van der Waals surface area contributed by atoms with Gasteiger partial charge in [-0.2, -0.15) is 0 Å². The van der Waals surface area contributed by atoms with E-state index in [2.05, 4.69) is 10.0 Å². The SMILES string of the molecule is [N-]=[N+]=NC1CCC(C(=O)/C=C/c2ccccc2)CC1. The first-order valence-corrected chi connectivity index (χ1v) is 6.61. The van der Waals surface area contributed by atoms with E-state index in [0.717, 1.165) is 31.2 Å². The molecular formula is C15H17N3O. The third-order valence-corrected chi connectivity index (χ3v) is 3.55. The van der Waals surface area contributed by atoms with Crippen molar-refractivity contribution in [1.82, 2.24) is 0 Å². The molecule has 0 unspecified atom stereocenters. The van der Waals surface area contributed by atoms with E-state index < -0.39 is 0 Å². The van der Waals surface area contributed by atoms with Crippen molar-refractivity contribution < 1.29 is 4.79 Å². The Balaban J connectivity index is 1.88. The number of nitrogens with zero attached hydrogens (tertiary/aromatic N) is 3. The van der Waals surface area contributed by atoms with E-state index in [1.807, 2.05) is 36.4 Å². The van der Waals surface area contributed by atoms with Gasteiger partial charge in [-0.3, -0.25) is 4.79 Å². The average molecular weight is 255 g/mol. The Morgan fingerprint density at radius 3 is 2.53 bits per heavy atom. The summed E-state index contributed by atoms with van der Waals surface area (Å²) in [4.78, 5) is 14.9. The highest BCUT2D eigenvalue weighted by molar-refractivity contribution is 5.95. The monoisotopic (exact) mass is 255 g/mol. The molecule has 0 aliphatic heterocycles. The van der Waals surface area contributed by atoms with Gasteiger partial charge >= 0.3 is 0 Å².